The number of aromatic carboxylic acids is 1. The van der Waals surface area contributed by atoms with Crippen LogP contribution in [-0.2, 0) is 12.8 Å². The van der Waals surface area contributed by atoms with Crippen LogP contribution in [-0.4, -0.2) is 11.1 Å². The van der Waals surface area contributed by atoms with Crippen LogP contribution in [0.3, 0.4) is 0 Å². The van der Waals surface area contributed by atoms with Gasteiger partial charge in [-0.1, -0.05) is 86.2 Å². The number of aryl methyl sites for hydroxylation is 2. The minimum Gasteiger partial charge on any atom is -0.478 e. The number of carboxylic acid groups (broad SMARTS) is 1. The first kappa shape index (κ1) is 19.6. The molecule has 0 aliphatic carbocycles. The van der Waals surface area contributed by atoms with Crippen LogP contribution in [0, 0.1) is 0 Å². The molecule has 0 unspecified atom stereocenters. The van der Waals surface area contributed by atoms with Crippen molar-refractivity contribution in [3.05, 3.63) is 101 Å². The Balaban J connectivity index is 1.66. The summed E-state index contributed by atoms with van der Waals surface area (Å²) in [6, 6.07) is 24.4. The monoisotopic (exact) mass is 370 g/mol. The van der Waals surface area contributed by atoms with Crippen molar-refractivity contribution in [1.29, 1.82) is 0 Å². The molecule has 1 N–H and O–H groups in total. The van der Waals surface area contributed by atoms with Crippen molar-refractivity contribution in [1.82, 2.24) is 0 Å². The summed E-state index contributed by atoms with van der Waals surface area (Å²) in [6.07, 6.45) is 8.46. The topological polar surface area (TPSA) is 37.3 Å². The van der Waals surface area contributed by atoms with Crippen LogP contribution in [0.4, 0.5) is 0 Å². The molecule has 3 aromatic rings. The number of allylic oxidation sites excluding steroid dienone is 1. The molecule has 0 saturated carbocycles. The molecule has 2 heteroatoms. The fourth-order valence-electron chi connectivity index (χ4n) is 3.32. The van der Waals surface area contributed by atoms with Gasteiger partial charge in [-0.05, 0) is 59.2 Å². The van der Waals surface area contributed by atoms with Gasteiger partial charge in [-0.15, -0.1) is 0 Å². The highest BCUT2D eigenvalue weighted by molar-refractivity contribution is 5.87. The number of carbonyl (C=O) groups is 1. The maximum atomic E-state index is 10.9. The van der Waals surface area contributed by atoms with E-state index in [0.29, 0.717) is 5.56 Å². The van der Waals surface area contributed by atoms with Gasteiger partial charge in [0.2, 0.25) is 0 Å². The second kappa shape index (κ2) is 9.70. The Morgan fingerprint density at radius 3 is 2.18 bits per heavy atom. The quantitative estimate of drug-likeness (QED) is 0.482. The van der Waals surface area contributed by atoms with Crippen molar-refractivity contribution >= 4 is 12.0 Å². The Morgan fingerprint density at radius 2 is 1.50 bits per heavy atom. The molecule has 0 heterocycles. The Morgan fingerprint density at radius 1 is 0.857 bits per heavy atom. The molecule has 0 aliphatic rings. The largest absolute Gasteiger partial charge is 0.478 e. The number of benzene rings is 3. The fourth-order valence-corrected chi connectivity index (χ4v) is 3.32. The summed E-state index contributed by atoms with van der Waals surface area (Å²) in [6.45, 7) is 2.20. The van der Waals surface area contributed by atoms with Crippen LogP contribution < -0.4 is 0 Å². The third kappa shape index (κ3) is 5.20. The van der Waals surface area contributed by atoms with Crippen molar-refractivity contribution < 1.29 is 9.90 Å². The maximum Gasteiger partial charge on any atom is 0.335 e. The second-order valence-electron chi connectivity index (χ2n) is 6.98. The SMILES string of the molecule is CCCc1ccc(-c2ccccc2/C=C/CCc2ccc(C(=O)O)cc2)cc1. The van der Waals surface area contributed by atoms with Crippen LogP contribution in [0.1, 0.15) is 46.8 Å². The summed E-state index contributed by atoms with van der Waals surface area (Å²) in [5.41, 5.74) is 6.56. The Hall–Kier alpha value is -3.13. The Bertz CT molecular complexity index is 935. The van der Waals surface area contributed by atoms with E-state index in [2.05, 4.69) is 67.6 Å². The molecule has 0 radical (unpaired) electrons. The zero-order chi connectivity index (χ0) is 19.8. The molecule has 0 spiro atoms. The third-order valence-corrected chi connectivity index (χ3v) is 4.86. The van der Waals surface area contributed by atoms with Gasteiger partial charge in [0.05, 0.1) is 5.56 Å². The lowest BCUT2D eigenvalue weighted by atomic mass is 9.97. The molecule has 3 aromatic carbocycles. The van der Waals surface area contributed by atoms with Crippen molar-refractivity contribution in [3.8, 4) is 11.1 Å². The minimum absolute atomic E-state index is 0.332. The van der Waals surface area contributed by atoms with E-state index in [1.807, 2.05) is 12.1 Å². The average Bonchev–Trinajstić information content (AvgIpc) is 2.73. The van der Waals surface area contributed by atoms with E-state index >= 15 is 0 Å². The molecule has 142 valence electrons. The smallest absolute Gasteiger partial charge is 0.335 e. The van der Waals surface area contributed by atoms with Gasteiger partial charge < -0.3 is 5.11 Å². The average molecular weight is 370 g/mol. The highest BCUT2D eigenvalue weighted by Gasteiger charge is 2.03. The summed E-state index contributed by atoms with van der Waals surface area (Å²) in [4.78, 5) is 10.9. The van der Waals surface area contributed by atoms with E-state index in [9.17, 15) is 4.79 Å². The molecule has 0 aliphatic heterocycles. The van der Waals surface area contributed by atoms with Gasteiger partial charge in [0, 0.05) is 0 Å². The van der Waals surface area contributed by atoms with Gasteiger partial charge in [-0.3, -0.25) is 0 Å². The third-order valence-electron chi connectivity index (χ3n) is 4.86. The van der Waals surface area contributed by atoms with Crippen LogP contribution in [0.2, 0.25) is 0 Å². The fraction of sp³-hybridized carbons (Fsp3) is 0.192. The predicted molar refractivity (Wildman–Crippen MR) is 117 cm³/mol. The van der Waals surface area contributed by atoms with Crippen LogP contribution in [0.15, 0.2) is 78.9 Å². The Kier molecular flexibility index (Phi) is 6.80. The maximum absolute atomic E-state index is 10.9. The van der Waals surface area contributed by atoms with Gasteiger partial charge in [0.15, 0.2) is 0 Å². The van der Waals surface area contributed by atoms with E-state index < -0.39 is 5.97 Å². The molecular formula is C26H26O2. The van der Waals surface area contributed by atoms with Gasteiger partial charge in [0.1, 0.15) is 0 Å². The van der Waals surface area contributed by atoms with Crippen LogP contribution in [0.25, 0.3) is 17.2 Å². The van der Waals surface area contributed by atoms with E-state index in [0.717, 1.165) is 31.2 Å². The predicted octanol–water partition coefficient (Wildman–Crippen LogP) is 6.65. The lowest BCUT2D eigenvalue weighted by Gasteiger charge is -2.08. The molecule has 0 atom stereocenters. The van der Waals surface area contributed by atoms with Crippen molar-refractivity contribution in [2.24, 2.45) is 0 Å². The number of hydrogen-bond acceptors (Lipinski definition) is 1. The number of carboxylic acids is 1. The van der Waals surface area contributed by atoms with Crippen LogP contribution in [0.5, 0.6) is 0 Å². The highest BCUT2D eigenvalue weighted by Crippen LogP contribution is 2.25. The molecule has 2 nitrogen and oxygen atoms in total. The van der Waals surface area contributed by atoms with Gasteiger partial charge >= 0.3 is 5.97 Å². The first-order valence-electron chi connectivity index (χ1n) is 9.84. The lowest BCUT2D eigenvalue weighted by molar-refractivity contribution is 0.0697. The van der Waals surface area contributed by atoms with Gasteiger partial charge in [0.25, 0.3) is 0 Å². The van der Waals surface area contributed by atoms with Crippen molar-refractivity contribution in [2.45, 2.75) is 32.6 Å². The van der Waals surface area contributed by atoms with Gasteiger partial charge in [-0.2, -0.15) is 0 Å². The van der Waals surface area contributed by atoms with E-state index in [-0.39, 0.29) is 0 Å². The molecule has 0 saturated heterocycles. The zero-order valence-electron chi connectivity index (χ0n) is 16.3. The molecule has 0 fully saturated rings. The summed E-state index contributed by atoms with van der Waals surface area (Å²) >= 11 is 0. The molecular weight excluding hydrogens is 344 g/mol. The zero-order valence-corrected chi connectivity index (χ0v) is 16.3. The Labute approximate surface area is 167 Å². The van der Waals surface area contributed by atoms with Crippen LogP contribution >= 0.6 is 0 Å². The van der Waals surface area contributed by atoms with Crippen molar-refractivity contribution in [3.63, 3.8) is 0 Å². The lowest BCUT2D eigenvalue weighted by Crippen LogP contribution is -1.95. The number of hydrogen-bond donors (Lipinski definition) is 1. The first-order chi connectivity index (χ1) is 13.7. The summed E-state index contributed by atoms with van der Waals surface area (Å²) in [7, 11) is 0. The second-order valence-corrected chi connectivity index (χ2v) is 6.98. The standard InChI is InChI=1S/C26H26O2/c1-2-7-20-12-16-23(17-13-20)25-11-6-5-10-22(25)9-4-3-8-21-14-18-24(19-15-21)26(27)28/h4-6,9-19H,2-3,7-8H2,1H3,(H,27,28)/b9-4+. The summed E-state index contributed by atoms with van der Waals surface area (Å²) in [5.74, 6) is -0.884. The molecule has 3 rings (SSSR count). The van der Waals surface area contributed by atoms with E-state index in [1.165, 1.54) is 22.3 Å². The minimum atomic E-state index is -0.884. The highest BCUT2D eigenvalue weighted by atomic mass is 16.4. The molecule has 0 bridgehead atoms. The number of rotatable bonds is 8. The molecule has 0 aromatic heterocycles. The van der Waals surface area contributed by atoms with Crippen molar-refractivity contribution in [2.75, 3.05) is 0 Å². The normalized spacial score (nSPS) is 11.0. The van der Waals surface area contributed by atoms with Gasteiger partial charge in [-0.25, -0.2) is 4.79 Å². The summed E-state index contributed by atoms with van der Waals surface area (Å²) < 4.78 is 0. The first-order valence-corrected chi connectivity index (χ1v) is 9.84. The molecule has 0 amide bonds. The summed E-state index contributed by atoms with van der Waals surface area (Å²) in [5, 5.41) is 8.97. The molecule has 28 heavy (non-hydrogen) atoms. The van der Waals surface area contributed by atoms with E-state index in [4.69, 9.17) is 5.11 Å². The van der Waals surface area contributed by atoms with E-state index in [1.54, 1.807) is 12.1 Å².